The fourth-order valence-corrected chi connectivity index (χ4v) is 3.11. The first-order valence-corrected chi connectivity index (χ1v) is 9.26. The van der Waals surface area contributed by atoms with E-state index in [1.54, 1.807) is 13.0 Å². The maximum absolute atomic E-state index is 12.3. The van der Waals surface area contributed by atoms with Crippen LogP contribution in [0.1, 0.15) is 49.4 Å². The lowest BCUT2D eigenvalue weighted by molar-refractivity contribution is -0.129. The second-order valence-corrected chi connectivity index (χ2v) is 6.74. The van der Waals surface area contributed by atoms with Crippen LogP contribution in [0.25, 0.3) is 0 Å². The molecule has 144 valence electrons. The minimum absolute atomic E-state index is 0.0965. The predicted octanol–water partition coefficient (Wildman–Crippen LogP) is 2.57. The second kappa shape index (κ2) is 8.70. The summed E-state index contributed by atoms with van der Waals surface area (Å²) in [5.41, 5.74) is 2.15. The molecule has 0 saturated carbocycles. The van der Waals surface area contributed by atoms with E-state index in [4.69, 9.17) is 9.47 Å². The number of anilines is 1. The van der Waals surface area contributed by atoms with Gasteiger partial charge in [0.05, 0.1) is 11.3 Å². The zero-order valence-electron chi connectivity index (χ0n) is 15.4. The van der Waals surface area contributed by atoms with Crippen molar-refractivity contribution in [1.82, 2.24) is 5.32 Å². The van der Waals surface area contributed by atoms with Crippen LogP contribution in [0.2, 0.25) is 0 Å². The van der Waals surface area contributed by atoms with Crippen molar-refractivity contribution in [2.75, 3.05) is 18.5 Å². The fraction of sp³-hybridized carbons (Fsp3) is 0.450. The Hall–Kier alpha value is -2.83. The quantitative estimate of drug-likeness (QED) is 0.591. The van der Waals surface area contributed by atoms with Crippen LogP contribution in [0, 0.1) is 0 Å². The van der Waals surface area contributed by atoms with E-state index in [1.165, 1.54) is 30.5 Å². The van der Waals surface area contributed by atoms with E-state index in [2.05, 4.69) is 16.7 Å². The smallest absolute Gasteiger partial charge is 0.339 e. The van der Waals surface area contributed by atoms with Crippen molar-refractivity contribution < 1.29 is 23.9 Å². The molecule has 1 atom stereocenters. The first-order valence-electron chi connectivity index (χ1n) is 9.26. The van der Waals surface area contributed by atoms with Crippen LogP contribution in [-0.4, -0.2) is 37.0 Å². The summed E-state index contributed by atoms with van der Waals surface area (Å²) in [4.78, 5) is 35.7. The molecule has 1 aromatic rings. The number of allylic oxidation sites excluding steroid dienone is 1. The monoisotopic (exact) mass is 372 g/mol. The molecule has 2 amide bonds. The predicted molar refractivity (Wildman–Crippen MR) is 99.6 cm³/mol. The van der Waals surface area contributed by atoms with Gasteiger partial charge in [-0.15, -0.1) is 0 Å². The topological polar surface area (TPSA) is 93.7 Å². The molecule has 2 aliphatic rings. The van der Waals surface area contributed by atoms with Gasteiger partial charge >= 0.3 is 5.97 Å². The molecular weight excluding hydrogens is 348 g/mol. The summed E-state index contributed by atoms with van der Waals surface area (Å²) in [6.45, 7) is 1.99. The molecule has 0 saturated heterocycles. The molecule has 7 nitrogen and oxygen atoms in total. The number of rotatable bonds is 6. The lowest BCUT2D eigenvalue weighted by Gasteiger charge is -2.19. The molecule has 0 spiro atoms. The number of amides is 2. The fourth-order valence-electron chi connectivity index (χ4n) is 3.11. The maximum Gasteiger partial charge on any atom is 0.339 e. The third-order valence-electron chi connectivity index (χ3n) is 4.63. The van der Waals surface area contributed by atoms with Crippen LogP contribution in [-0.2, 0) is 14.3 Å². The molecule has 1 heterocycles. The van der Waals surface area contributed by atoms with Gasteiger partial charge in [-0.1, -0.05) is 11.6 Å². The first-order chi connectivity index (χ1) is 13.0. The van der Waals surface area contributed by atoms with Crippen LogP contribution in [0.4, 0.5) is 5.69 Å². The summed E-state index contributed by atoms with van der Waals surface area (Å²) < 4.78 is 10.5. The number of fused-ring (bicyclic) bond motifs is 1. The molecule has 0 fully saturated rings. The zero-order chi connectivity index (χ0) is 19.2. The van der Waals surface area contributed by atoms with E-state index in [0.717, 1.165) is 19.3 Å². The van der Waals surface area contributed by atoms with Gasteiger partial charge in [-0.25, -0.2) is 4.79 Å². The highest BCUT2D eigenvalue weighted by Gasteiger charge is 2.22. The van der Waals surface area contributed by atoms with Gasteiger partial charge in [-0.3, -0.25) is 9.59 Å². The van der Waals surface area contributed by atoms with Gasteiger partial charge in [0.25, 0.3) is 11.8 Å². The van der Waals surface area contributed by atoms with E-state index in [9.17, 15) is 14.4 Å². The minimum atomic E-state index is -0.894. The summed E-state index contributed by atoms with van der Waals surface area (Å²) >= 11 is 0. The standard InChI is InChI=1S/C20H24N2O5/c1-13(19(24)21-10-9-14-5-3-2-4-6-14)27-20(25)15-7-8-16-17(11-15)26-12-18(23)22-16/h5,7-8,11,13H,2-4,6,9-10,12H2,1H3,(H,21,24)(H,22,23)/t13-/m0/s1. The molecule has 1 aromatic carbocycles. The molecule has 2 N–H and O–H groups in total. The molecule has 0 aromatic heterocycles. The van der Waals surface area contributed by atoms with Crippen molar-refractivity contribution >= 4 is 23.5 Å². The van der Waals surface area contributed by atoms with Gasteiger partial charge in [-0.05, 0) is 57.2 Å². The number of carbonyl (C=O) groups is 3. The molecule has 0 bridgehead atoms. The second-order valence-electron chi connectivity index (χ2n) is 6.74. The van der Waals surface area contributed by atoms with E-state index in [-0.39, 0.29) is 24.0 Å². The van der Waals surface area contributed by atoms with Crippen LogP contribution >= 0.6 is 0 Å². The third-order valence-corrected chi connectivity index (χ3v) is 4.63. The molecule has 0 unspecified atom stereocenters. The number of esters is 1. The average molecular weight is 372 g/mol. The Morgan fingerprint density at radius 2 is 2.19 bits per heavy atom. The van der Waals surface area contributed by atoms with Crippen molar-refractivity contribution in [3.8, 4) is 5.75 Å². The number of ether oxygens (including phenoxy) is 2. The number of benzene rings is 1. The zero-order valence-corrected chi connectivity index (χ0v) is 15.4. The lowest BCUT2D eigenvalue weighted by atomic mass is 9.97. The minimum Gasteiger partial charge on any atom is -0.482 e. The van der Waals surface area contributed by atoms with E-state index >= 15 is 0 Å². The molecule has 27 heavy (non-hydrogen) atoms. The first kappa shape index (κ1) is 18.9. The van der Waals surface area contributed by atoms with Gasteiger partial charge in [0, 0.05) is 6.54 Å². The number of hydrogen-bond acceptors (Lipinski definition) is 5. The van der Waals surface area contributed by atoms with Gasteiger partial charge in [0.2, 0.25) is 0 Å². The Labute approximate surface area is 158 Å². The van der Waals surface area contributed by atoms with Crippen LogP contribution in [0.3, 0.4) is 0 Å². The normalized spacial score (nSPS) is 16.9. The van der Waals surface area contributed by atoms with Crippen LogP contribution in [0.15, 0.2) is 29.8 Å². The Morgan fingerprint density at radius 3 is 2.96 bits per heavy atom. The number of hydrogen-bond donors (Lipinski definition) is 2. The van der Waals surface area contributed by atoms with Crippen LogP contribution < -0.4 is 15.4 Å². The Morgan fingerprint density at radius 1 is 1.33 bits per heavy atom. The summed E-state index contributed by atoms with van der Waals surface area (Å²) in [5, 5.41) is 5.46. The Balaban J connectivity index is 1.48. The van der Waals surface area contributed by atoms with Crippen molar-refractivity contribution in [1.29, 1.82) is 0 Å². The number of carbonyl (C=O) groups excluding carboxylic acids is 3. The maximum atomic E-state index is 12.3. The van der Waals surface area contributed by atoms with Gasteiger partial charge in [0.1, 0.15) is 5.75 Å². The summed E-state index contributed by atoms with van der Waals surface area (Å²) in [6.07, 6.45) is 6.85. The van der Waals surface area contributed by atoms with Gasteiger partial charge < -0.3 is 20.1 Å². The summed E-state index contributed by atoms with van der Waals surface area (Å²) in [6, 6.07) is 4.60. The SMILES string of the molecule is C[C@H](OC(=O)c1ccc2c(c1)OCC(=O)N2)C(=O)NCCC1=CCCCC1. The van der Waals surface area contributed by atoms with E-state index < -0.39 is 12.1 Å². The average Bonchev–Trinajstić information content (AvgIpc) is 2.68. The third kappa shape index (κ3) is 5.09. The van der Waals surface area contributed by atoms with Gasteiger partial charge in [0.15, 0.2) is 12.7 Å². The van der Waals surface area contributed by atoms with Gasteiger partial charge in [-0.2, -0.15) is 0 Å². The summed E-state index contributed by atoms with van der Waals surface area (Å²) in [5.74, 6) is -0.772. The van der Waals surface area contributed by atoms with Crippen molar-refractivity contribution in [3.63, 3.8) is 0 Å². The van der Waals surface area contributed by atoms with E-state index in [1.807, 2.05) is 0 Å². The Kier molecular flexibility index (Phi) is 6.11. The lowest BCUT2D eigenvalue weighted by Crippen LogP contribution is -2.36. The molecule has 7 heteroatoms. The molecule has 1 aliphatic carbocycles. The summed E-state index contributed by atoms with van der Waals surface area (Å²) in [7, 11) is 0. The van der Waals surface area contributed by atoms with E-state index in [0.29, 0.717) is 18.0 Å². The van der Waals surface area contributed by atoms with Crippen molar-refractivity contribution in [2.45, 2.75) is 45.1 Å². The highest BCUT2D eigenvalue weighted by atomic mass is 16.5. The van der Waals surface area contributed by atoms with Crippen molar-refractivity contribution in [3.05, 3.63) is 35.4 Å². The molecule has 1 aliphatic heterocycles. The van der Waals surface area contributed by atoms with Crippen molar-refractivity contribution in [2.24, 2.45) is 0 Å². The van der Waals surface area contributed by atoms with Crippen LogP contribution in [0.5, 0.6) is 5.75 Å². The highest BCUT2D eigenvalue weighted by Crippen LogP contribution is 2.28. The number of nitrogens with one attached hydrogen (secondary N) is 2. The molecule has 3 rings (SSSR count). The largest absolute Gasteiger partial charge is 0.482 e. The highest BCUT2D eigenvalue weighted by molar-refractivity contribution is 5.98. The Bertz CT molecular complexity index is 772. The molecular formula is C20H24N2O5. The molecule has 0 radical (unpaired) electrons.